The predicted molar refractivity (Wildman–Crippen MR) is 49.8 cm³/mol. The molecule has 0 bridgehead atoms. The molecule has 0 N–H and O–H groups in total. The summed E-state index contributed by atoms with van der Waals surface area (Å²) in [5, 5.41) is 0. The molecule has 0 nitrogen and oxygen atoms in total. The molecular formula is C9H22. The van der Waals surface area contributed by atoms with Crippen molar-refractivity contribution in [3.05, 3.63) is 26.3 Å². The van der Waals surface area contributed by atoms with Crippen molar-refractivity contribution in [2.24, 2.45) is 0 Å². The van der Waals surface area contributed by atoms with Crippen molar-refractivity contribution in [2.45, 2.75) is 34.1 Å². The highest BCUT2D eigenvalue weighted by Gasteiger charge is 1.35. The Morgan fingerprint density at radius 1 is 0.778 bits per heavy atom. The highest BCUT2D eigenvalue weighted by molar-refractivity contribution is 4.22. The summed E-state index contributed by atoms with van der Waals surface area (Å²) in [6.45, 7) is 20.2. The summed E-state index contributed by atoms with van der Waals surface area (Å²) in [5.74, 6) is 0. The molecule has 0 amide bonds. The van der Waals surface area contributed by atoms with Gasteiger partial charge < -0.3 is 0 Å². The molecule has 0 aromatic heterocycles. The van der Waals surface area contributed by atoms with Crippen molar-refractivity contribution >= 4 is 0 Å². The summed E-state index contributed by atoms with van der Waals surface area (Å²) < 4.78 is 0. The molecule has 0 aromatic carbocycles. The van der Waals surface area contributed by atoms with Crippen LogP contribution in [0.2, 0.25) is 0 Å². The van der Waals surface area contributed by atoms with Crippen LogP contribution in [-0.2, 0) is 0 Å². The fraction of sp³-hybridized carbons (Fsp3) is 0.556. The summed E-state index contributed by atoms with van der Waals surface area (Å²) in [4.78, 5) is 0. The normalized spacial score (nSPS) is 3.56. The topological polar surface area (TPSA) is 0 Å². The molecule has 0 aliphatic carbocycles. The third-order valence-electron chi connectivity index (χ3n) is 0. The molecule has 58 valence electrons. The van der Waals surface area contributed by atoms with Gasteiger partial charge in [-0.15, -0.1) is 26.3 Å². The first-order valence-corrected chi connectivity index (χ1v) is 3.41. The van der Waals surface area contributed by atoms with E-state index < -0.39 is 0 Å². The van der Waals surface area contributed by atoms with Gasteiger partial charge in [-0.3, -0.25) is 0 Å². The van der Waals surface area contributed by atoms with Crippen LogP contribution in [0.1, 0.15) is 34.1 Å². The van der Waals surface area contributed by atoms with Crippen LogP contribution in [0.4, 0.5) is 0 Å². The van der Waals surface area contributed by atoms with Crippen molar-refractivity contribution in [1.82, 2.24) is 0 Å². The molecule has 0 atom stereocenters. The maximum Gasteiger partial charge on any atom is -0.0590 e. The Kier molecular flexibility index (Phi) is 3580. The lowest BCUT2D eigenvalue weighted by atomic mass is 10.6. The highest BCUT2D eigenvalue weighted by Crippen LogP contribution is 1.56. The van der Waals surface area contributed by atoms with E-state index in [1.54, 1.807) is 0 Å². The molecule has 0 radical (unpaired) electrons. The smallest absolute Gasteiger partial charge is 0.0590 e. The Hall–Kier alpha value is -0.520. The molecule has 0 saturated carbocycles. The van der Waals surface area contributed by atoms with Gasteiger partial charge in [0, 0.05) is 0 Å². The minimum Gasteiger partial charge on any atom is -0.106 e. The zero-order valence-corrected chi connectivity index (χ0v) is 7.54. The molecule has 0 saturated heterocycles. The van der Waals surface area contributed by atoms with Crippen LogP contribution in [-0.4, -0.2) is 0 Å². The molecule has 0 rings (SSSR count). The molecule has 0 aromatic rings. The summed E-state index contributed by atoms with van der Waals surface area (Å²) in [6.07, 6.45) is 1.25. The van der Waals surface area contributed by atoms with Gasteiger partial charge in [-0.2, -0.15) is 0 Å². The second-order valence-corrected chi connectivity index (χ2v) is 0.707. The number of rotatable bonds is 0. The second kappa shape index (κ2) is 1360. The molecule has 9 heavy (non-hydrogen) atoms. The number of hydrogen-bond donors (Lipinski definition) is 0. The Balaban J connectivity index is -0.0000000190. The van der Waals surface area contributed by atoms with Gasteiger partial charge in [-0.25, -0.2) is 0 Å². The quantitative estimate of drug-likeness (QED) is 0.434. The zero-order chi connectivity index (χ0) is 8.71. The molecule has 0 spiro atoms. The van der Waals surface area contributed by atoms with E-state index in [-0.39, 0.29) is 0 Å². The maximum absolute atomic E-state index is 3.00. The Bertz CT molecular complexity index is 7.51. The van der Waals surface area contributed by atoms with Crippen LogP contribution in [0.3, 0.4) is 0 Å². The van der Waals surface area contributed by atoms with Crippen LogP contribution < -0.4 is 0 Å². The SMILES string of the molecule is C=C.C=C.CC.CCC. The van der Waals surface area contributed by atoms with Gasteiger partial charge >= 0.3 is 0 Å². The Morgan fingerprint density at radius 3 is 0.778 bits per heavy atom. The summed E-state index contributed by atoms with van der Waals surface area (Å²) >= 11 is 0. The zero-order valence-electron chi connectivity index (χ0n) is 7.54. The van der Waals surface area contributed by atoms with E-state index in [1.165, 1.54) is 6.42 Å². The first-order valence-electron chi connectivity index (χ1n) is 3.41. The first kappa shape index (κ1) is 23.6. The van der Waals surface area contributed by atoms with Gasteiger partial charge in [0.15, 0.2) is 0 Å². The molecule has 0 fully saturated rings. The van der Waals surface area contributed by atoms with Gasteiger partial charge in [0.1, 0.15) is 0 Å². The standard InChI is InChI=1S/C3H8.C2H6.2C2H4/c1-3-2;3*1-2/h3H2,1-2H3;1-2H3;2*1-2H2. The van der Waals surface area contributed by atoms with E-state index in [1.807, 2.05) is 13.8 Å². The lowest BCUT2D eigenvalue weighted by Crippen LogP contribution is -1.27. The van der Waals surface area contributed by atoms with Crippen LogP contribution in [0.25, 0.3) is 0 Å². The first-order chi connectivity index (χ1) is 4.41. The van der Waals surface area contributed by atoms with E-state index in [4.69, 9.17) is 0 Å². The predicted octanol–water partition coefficient (Wildman–Crippen LogP) is 4.05. The third-order valence-corrected chi connectivity index (χ3v) is 0. The van der Waals surface area contributed by atoms with Gasteiger partial charge in [0.05, 0.1) is 0 Å². The fourth-order valence-corrected chi connectivity index (χ4v) is 0. The van der Waals surface area contributed by atoms with Crippen molar-refractivity contribution in [3.63, 3.8) is 0 Å². The summed E-state index contributed by atoms with van der Waals surface area (Å²) in [7, 11) is 0. The van der Waals surface area contributed by atoms with Crippen LogP contribution in [0, 0.1) is 0 Å². The molecule has 0 heterocycles. The third kappa shape index (κ3) is 831. The van der Waals surface area contributed by atoms with E-state index >= 15 is 0 Å². The minimum atomic E-state index is 1.25. The van der Waals surface area contributed by atoms with Crippen molar-refractivity contribution in [2.75, 3.05) is 0 Å². The summed E-state index contributed by atoms with van der Waals surface area (Å²) in [6, 6.07) is 0. The van der Waals surface area contributed by atoms with Crippen molar-refractivity contribution < 1.29 is 0 Å². The van der Waals surface area contributed by atoms with Crippen molar-refractivity contribution in [1.29, 1.82) is 0 Å². The van der Waals surface area contributed by atoms with E-state index in [0.717, 1.165) is 0 Å². The minimum absolute atomic E-state index is 1.25. The average molecular weight is 130 g/mol. The van der Waals surface area contributed by atoms with Gasteiger partial charge in [0.25, 0.3) is 0 Å². The van der Waals surface area contributed by atoms with Crippen LogP contribution in [0.15, 0.2) is 26.3 Å². The lowest BCUT2D eigenvalue weighted by molar-refractivity contribution is 1.09. The number of hydrogen-bond acceptors (Lipinski definition) is 0. The Morgan fingerprint density at radius 2 is 0.778 bits per heavy atom. The molecule has 0 heteroatoms. The average Bonchev–Trinajstić information content (AvgIpc) is 2.01. The molecular weight excluding hydrogens is 108 g/mol. The van der Waals surface area contributed by atoms with Gasteiger partial charge in [-0.1, -0.05) is 34.1 Å². The second-order valence-electron chi connectivity index (χ2n) is 0.707. The Labute approximate surface area is 61.3 Å². The van der Waals surface area contributed by atoms with Crippen LogP contribution >= 0.6 is 0 Å². The highest BCUT2D eigenvalue weighted by atomic mass is 13.4. The van der Waals surface area contributed by atoms with Crippen LogP contribution in [0.5, 0.6) is 0 Å². The van der Waals surface area contributed by atoms with E-state index in [2.05, 4.69) is 40.2 Å². The molecule has 0 aliphatic rings. The monoisotopic (exact) mass is 130 g/mol. The molecule has 0 aliphatic heterocycles. The largest absolute Gasteiger partial charge is 0.106 e. The summed E-state index contributed by atoms with van der Waals surface area (Å²) in [5.41, 5.74) is 0. The van der Waals surface area contributed by atoms with Gasteiger partial charge in [0.2, 0.25) is 0 Å². The van der Waals surface area contributed by atoms with Gasteiger partial charge in [-0.05, 0) is 0 Å². The van der Waals surface area contributed by atoms with E-state index in [9.17, 15) is 0 Å². The fourth-order valence-electron chi connectivity index (χ4n) is 0. The van der Waals surface area contributed by atoms with E-state index in [0.29, 0.717) is 0 Å². The lowest BCUT2D eigenvalue weighted by Gasteiger charge is -1.48. The maximum atomic E-state index is 3.00. The molecule has 0 unspecified atom stereocenters. The van der Waals surface area contributed by atoms with Crippen molar-refractivity contribution in [3.8, 4) is 0 Å².